The number of aromatic nitrogens is 1. The molecule has 9 nitrogen and oxygen atoms in total. The Labute approximate surface area is 201 Å². The number of benzene rings is 2. The fourth-order valence-corrected chi connectivity index (χ4v) is 4.66. The number of nitrogens with one attached hydrogen (secondary N) is 2. The SMILES string of the molecule is N#Cc1c[nH]c2ccc(CCCN3CCN(c4ccc5oc(=O)c(NC(=O)O)cc5c4)CC3)cc12. The summed E-state index contributed by atoms with van der Waals surface area (Å²) in [5, 5.41) is 21.9. The Morgan fingerprint density at radius 2 is 1.97 bits per heavy atom. The van der Waals surface area contributed by atoms with Gasteiger partial charge in [0, 0.05) is 54.4 Å². The zero-order valence-electron chi connectivity index (χ0n) is 19.1. The highest BCUT2D eigenvalue weighted by atomic mass is 16.4. The monoisotopic (exact) mass is 471 g/mol. The van der Waals surface area contributed by atoms with Crippen LogP contribution >= 0.6 is 0 Å². The van der Waals surface area contributed by atoms with Crippen molar-refractivity contribution in [2.75, 3.05) is 42.9 Å². The molecule has 178 valence electrons. The number of nitriles is 1. The van der Waals surface area contributed by atoms with E-state index in [4.69, 9.17) is 9.52 Å². The highest BCUT2D eigenvalue weighted by Gasteiger charge is 2.18. The molecule has 0 saturated carbocycles. The van der Waals surface area contributed by atoms with E-state index in [2.05, 4.69) is 38.3 Å². The first kappa shape index (κ1) is 22.5. The fourth-order valence-electron chi connectivity index (χ4n) is 4.66. The quantitative estimate of drug-likeness (QED) is 0.363. The Morgan fingerprint density at radius 3 is 2.74 bits per heavy atom. The average molecular weight is 472 g/mol. The number of nitrogens with zero attached hydrogens (tertiary/aromatic N) is 3. The number of fused-ring (bicyclic) bond motifs is 2. The molecule has 35 heavy (non-hydrogen) atoms. The van der Waals surface area contributed by atoms with Gasteiger partial charge in [-0.25, -0.2) is 9.59 Å². The molecular formula is C26H25N5O4. The molecule has 3 N–H and O–H groups in total. The summed E-state index contributed by atoms with van der Waals surface area (Å²) in [6, 6.07) is 15.6. The lowest BCUT2D eigenvalue weighted by Gasteiger charge is -2.36. The summed E-state index contributed by atoms with van der Waals surface area (Å²) in [5.41, 5.74) is 3.56. The second-order valence-corrected chi connectivity index (χ2v) is 8.73. The Balaban J connectivity index is 1.17. The van der Waals surface area contributed by atoms with Gasteiger partial charge in [-0.1, -0.05) is 6.07 Å². The normalized spacial score (nSPS) is 14.3. The Hall–Kier alpha value is -4.29. The number of carboxylic acid groups (broad SMARTS) is 1. The van der Waals surface area contributed by atoms with Gasteiger partial charge < -0.3 is 19.4 Å². The summed E-state index contributed by atoms with van der Waals surface area (Å²) in [4.78, 5) is 30.7. The number of rotatable bonds is 6. The van der Waals surface area contributed by atoms with Crippen molar-refractivity contribution in [1.29, 1.82) is 5.26 Å². The van der Waals surface area contributed by atoms with Crippen molar-refractivity contribution in [3.05, 3.63) is 70.2 Å². The summed E-state index contributed by atoms with van der Waals surface area (Å²) in [6.07, 6.45) is 2.47. The van der Waals surface area contributed by atoms with Crippen LogP contribution in [-0.4, -0.2) is 53.8 Å². The van der Waals surface area contributed by atoms with Crippen molar-refractivity contribution in [3.63, 3.8) is 0 Å². The minimum Gasteiger partial charge on any atom is -0.465 e. The van der Waals surface area contributed by atoms with E-state index < -0.39 is 11.7 Å². The number of anilines is 2. The number of hydrogen-bond donors (Lipinski definition) is 3. The standard InChI is InChI=1S/C26H25N5O4/c27-15-19-16-28-22-5-3-17(12-21(19)22)2-1-7-30-8-10-31(11-9-30)20-4-6-24-18(13-20)14-23(25(32)35-24)29-26(33)34/h3-6,12-14,16,28-29H,1-2,7-11H2,(H,33,34). The summed E-state index contributed by atoms with van der Waals surface area (Å²) in [7, 11) is 0. The van der Waals surface area contributed by atoms with Crippen LogP contribution in [0, 0.1) is 11.3 Å². The number of amides is 1. The summed E-state index contributed by atoms with van der Waals surface area (Å²) in [5.74, 6) is 0. The maximum atomic E-state index is 11.9. The number of carbonyl (C=O) groups is 1. The molecule has 3 heterocycles. The molecule has 0 bridgehead atoms. The minimum absolute atomic E-state index is 0.0912. The number of H-pyrrole nitrogens is 1. The summed E-state index contributed by atoms with van der Waals surface area (Å²) in [6.45, 7) is 4.66. The van der Waals surface area contributed by atoms with Crippen LogP contribution in [0.4, 0.5) is 16.2 Å². The molecule has 2 aromatic heterocycles. The molecule has 0 unspecified atom stereocenters. The lowest BCUT2D eigenvalue weighted by molar-refractivity contribution is 0.209. The second-order valence-electron chi connectivity index (χ2n) is 8.73. The average Bonchev–Trinajstić information content (AvgIpc) is 3.27. The number of aryl methyl sites for hydroxylation is 1. The van der Waals surface area contributed by atoms with Crippen molar-refractivity contribution in [1.82, 2.24) is 9.88 Å². The smallest absolute Gasteiger partial charge is 0.409 e. The van der Waals surface area contributed by atoms with Gasteiger partial charge in [-0.05, 0) is 61.3 Å². The van der Waals surface area contributed by atoms with Crippen LogP contribution < -0.4 is 15.8 Å². The van der Waals surface area contributed by atoms with Crippen LogP contribution in [-0.2, 0) is 6.42 Å². The van der Waals surface area contributed by atoms with E-state index in [1.165, 1.54) is 11.6 Å². The third-order valence-electron chi connectivity index (χ3n) is 6.50. The van der Waals surface area contributed by atoms with Crippen molar-refractivity contribution in [2.45, 2.75) is 12.8 Å². The minimum atomic E-state index is -1.30. The van der Waals surface area contributed by atoms with Gasteiger partial charge in [0.25, 0.3) is 0 Å². The molecule has 1 aliphatic rings. The van der Waals surface area contributed by atoms with Crippen LogP contribution in [0.25, 0.3) is 21.9 Å². The number of piperazine rings is 1. The summed E-state index contributed by atoms with van der Waals surface area (Å²) < 4.78 is 5.24. The van der Waals surface area contributed by atoms with Crippen molar-refractivity contribution >= 4 is 39.3 Å². The van der Waals surface area contributed by atoms with Gasteiger partial charge in [0.05, 0.1) is 5.56 Å². The van der Waals surface area contributed by atoms with E-state index in [0.29, 0.717) is 16.5 Å². The first-order valence-corrected chi connectivity index (χ1v) is 11.6. The van der Waals surface area contributed by atoms with Gasteiger partial charge in [0.15, 0.2) is 0 Å². The van der Waals surface area contributed by atoms with Crippen LogP contribution in [0.5, 0.6) is 0 Å². The largest absolute Gasteiger partial charge is 0.465 e. The number of hydrogen-bond acceptors (Lipinski definition) is 6. The van der Waals surface area contributed by atoms with Crippen LogP contribution in [0.2, 0.25) is 0 Å². The van der Waals surface area contributed by atoms with Crippen LogP contribution in [0.3, 0.4) is 0 Å². The van der Waals surface area contributed by atoms with Gasteiger partial charge in [-0.3, -0.25) is 10.2 Å². The van der Waals surface area contributed by atoms with Crippen molar-refractivity contribution in [2.24, 2.45) is 0 Å². The van der Waals surface area contributed by atoms with E-state index in [1.807, 2.05) is 18.2 Å². The molecule has 0 spiro atoms. The maximum absolute atomic E-state index is 11.9. The van der Waals surface area contributed by atoms with Crippen LogP contribution in [0.15, 0.2) is 57.9 Å². The van der Waals surface area contributed by atoms with Crippen LogP contribution in [0.1, 0.15) is 17.5 Å². The van der Waals surface area contributed by atoms with E-state index in [0.717, 1.165) is 62.2 Å². The number of aromatic amines is 1. The Morgan fingerprint density at radius 1 is 1.14 bits per heavy atom. The van der Waals surface area contributed by atoms with Crippen molar-refractivity contribution < 1.29 is 14.3 Å². The molecule has 4 aromatic rings. The second kappa shape index (κ2) is 9.52. The van der Waals surface area contributed by atoms with E-state index in [1.54, 1.807) is 12.3 Å². The molecular weight excluding hydrogens is 446 g/mol. The molecule has 0 atom stereocenters. The zero-order chi connectivity index (χ0) is 24.4. The van der Waals surface area contributed by atoms with Crippen molar-refractivity contribution in [3.8, 4) is 6.07 Å². The lowest BCUT2D eigenvalue weighted by Crippen LogP contribution is -2.46. The third-order valence-corrected chi connectivity index (χ3v) is 6.50. The molecule has 1 amide bonds. The molecule has 9 heteroatoms. The highest BCUT2D eigenvalue weighted by Crippen LogP contribution is 2.25. The van der Waals surface area contributed by atoms with E-state index in [9.17, 15) is 14.9 Å². The molecule has 1 saturated heterocycles. The molecule has 1 fully saturated rings. The predicted molar refractivity (Wildman–Crippen MR) is 134 cm³/mol. The Bertz CT molecular complexity index is 1490. The van der Waals surface area contributed by atoms with E-state index in [-0.39, 0.29) is 5.69 Å². The lowest BCUT2D eigenvalue weighted by atomic mass is 10.1. The molecule has 1 aliphatic heterocycles. The molecule has 0 aliphatic carbocycles. The molecule has 5 rings (SSSR count). The topological polar surface area (TPSA) is 126 Å². The highest BCUT2D eigenvalue weighted by molar-refractivity contribution is 5.88. The molecule has 0 radical (unpaired) electrons. The molecule has 2 aromatic carbocycles. The van der Waals surface area contributed by atoms with Gasteiger partial charge in [-0.2, -0.15) is 5.26 Å². The Kier molecular flexibility index (Phi) is 6.12. The third kappa shape index (κ3) is 4.83. The maximum Gasteiger partial charge on any atom is 0.409 e. The first-order chi connectivity index (χ1) is 17.0. The van der Waals surface area contributed by atoms with Gasteiger partial charge in [0.1, 0.15) is 17.3 Å². The van der Waals surface area contributed by atoms with Gasteiger partial charge >= 0.3 is 11.7 Å². The summed E-state index contributed by atoms with van der Waals surface area (Å²) >= 11 is 0. The van der Waals surface area contributed by atoms with E-state index >= 15 is 0 Å². The predicted octanol–water partition coefficient (Wildman–Crippen LogP) is 3.99. The van der Waals surface area contributed by atoms with Gasteiger partial charge in [0.2, 0.25) is 0 Å². The zero-order valence-corrected chi connectivity index (χ0v) is 19.1. The fraction of sp³-hybridized carbons (Fsp3) is 0.269. The van der Waals surface area contributed by atoms with Gasteiger partial charge in [-0.15, -0.1) is 0 Å². The first-order valence-electron chi connectivity index (χ1n) is 11.6.